The summed E-state index contributed by atoms with van der Waals surface area (Å²) in [5, 5.41) is 3.40. The molecular weight excluding hydrogens is 354 g/mol. The van der Waals surface area contributed by atoms with E-state index >= 15 is 0 Å². The first-order valence-corrected chi connectivity index (χ1v) is 9.58. The lowest BCUT2D eigenvalue weighted by Crippen LogP contribution is -2.51. The van der Waals surface area contributed by atoms with Gasteiger partial charge in [0.2, 0.25) is 11.8 Å². The maximum Gasteiger partial charge on any atom is 0.249 e. The van der Waals surface area contributed by atoms with Gasteiger partial charge in [-0.25, -0.2) is 0 Å². The minimum absolute atomic E-state index is 0.0210. The van der Waals surface area contributed by atoms with Crippen molar-refractivity contribution in [2.24, 2.45) is 5.92 Å². The number of carbonyl (C=O) groups excluding carboxylic acids is 2. The summed E-state index contributed by atoms with van der Waals surface area (Å²) in [5.41, 5.74) is 1.07. The summed E-state index contributed by atoms with van der Waals surface area (Å²) in [6.45, 7) is 5.15. The normalized spacial score (nSPS) is 18.5. The molecular formula is C19H26ClN3O3. The fourth-order valence-electron chi connectivity index (χ4n) is 2.95. The fraction of sp³-hybridized carbons (Fsp3) is 0.579. The first-order valence-electron chi connectivity index (χ1n) is 9.20. The Hall–Kier alpha value is -1.79. The van der Waals surface area contributed by atoms with Crippen LogP contribution in [-0.2, 0) is 14.3 Å². The number of piperazine rings is 1. The van der Waals surface area contributed by atoms with Crippen molar-refractivity contribution >= 4 is 29.1 Å². The average molecular weight is 380 g/mol. The molecule has 1 saturated carbocycles. The molecule has 2 amide bonds. The molecule has 0 aromatic heterocycles. The van der Waals surface area contributed by atoms with Gasteiger partial charge in [-0.2, -0.15) is 0 Å². The first-order chi connectivity index (χ1) is 12.5. The van der Waals surface area contributed by atoms with E-state index in [4.69, 9.17) is 16.3 Å². The lowest BCUT2D eigenvalue weighted by Gasteiger charge is -2.36. The predicted octanol–water partition coefficient (Wildman–Crippen LogP) is 1.92. The smallest absolute Gasteiger partial charge is 0.249 e. The Bertz CT molecular complexity index is 643. The number of nitrogens with one attached hydrogen (secondary N) is 1. The van der Waals surface area contributed by atoms with Crippen LogP contribution < -0.4 is 10.2 Å². The molecule has 0 radical (unpaired) electrons. The number of anilines is 1. The zero-order valence-electron chi connectivity index (χ0n) is 15.1. The van der Waals surface area contributed by atoms with E-state index in [2.05, 4.69) is 10.2 Å². The van der Waals surface area contributed by atoms with Crippen LogP contribution in [0.1, 0.15) is 19.8 Å². The maximum absolute atomic E-state index is 12.3. The molecule has 1 atom stereocenters. The molecule has 1 unspecified atom stereocenters. The Balaban J connectivity index is 1.38. The van der Waals surface area contributed by atoms with Crippen LogP contribution in [0.3, 0.4) is 0 Å². The van der Waals surface area contributed by atoms with E-state index in [9.17, 15) is 9.59 Å². The first kappa shape index (κ1) is 19.0. The van der Waals surface area contributed by atoms with Crippen LogP contribution in [-0.4, -0.2) is 62.1 Å². The molecule has 1 N–H and O–H groups in total. The monoisotopic (exact) mass is 379 g/mol. The van der Waals surface area contributed by atoms with E-state index in [1.807, 2.05) is 24.3 Å². The van der Waals surface area contributed by atoms with Gasteiger partial charge in [0.15, 0.2) is 0 Å². The van der Waals surface area contributed by atoms with Gasteiger partial charge in [-0.05, 0) is 43.9 Å². The summed E-state index contributed by atoms with van der Waals surface area (Å²) in [4.78, 5) is 28.3. The maximum atomic E-state index is 12.3. The van der Waals surface area contributed by atoms with Gasteiger partial charge in [-0.15, -0.1) is 0 Å². The second-order valence-electron chi connectivity index (χ2n) is 6.98. The molecule has 3 rings (SSSR count). The number of nitrogens with zero attached hydrogens (tertiary/aromatic N) is 2. The number of benzene rings is 1. The number of hydrogen-bond donors (Lipinski definition) is 1. The van der Waals surface area contributed by atoms with Gasteiger partial charge < -0.3 is 19.9 Å². The third kappa shape index (κ3) is 5.35. The highest BCUT2D eigenvalue weighted by atomic mass is 35.5. The highest BCUT2D eigenvalue weighted by Crippen LogP contribution is 2.29. The Morgan fingerprint density at radius 3 is 2.65 bits per heavy atom. The SMILES string of the molecule is CC(OCC1CC1)C(=O)NCC(=O)N1CCN(c2cccc(Cl)c2)CC1. The number of rotatable bonds is 7. The van der Waals surface area contributed by atoms with Crippen molar-refractivity contribution in [1.29, 1.82) is 0 Å². The Morgan fingerprint density at radius 1 is 1.27 bits per heavy atom. The van der Waals surface area contributed by atoms with Crippen molar-refractivity contribution in [2.45, 2.75) is 25.9 Å². The molecule has 1 aromatic rings. The molecule has 1 heterocycles. The van der Waals surface area contributed by atoms with E-state index < -0.39 is 6.10 Å². The number of carbonyl (C=O) groups is 2. The molecule has 0 bridgehead atoms. The standard InChI is InChI=1S/C19H26ClN3O3/c1-14(26-13-15-5-6-15)19(25)21-12-18(24)23-9-7-22(8-10-23)17-4-2-3-16(20)11-17/h2-4,11,14-15H,5-10,12-13H2,1H3,(H,21,25). The summed E-state index contributed by atoms with van der Waals surface area (Å²) in [7, 11) is 0. The van der Waals surface area contributed by atoms with Crippen molar-refractivity contribution in [3.63, 3.8) is 0 Å². The molecule has 7 heteroatoms. The topological polar surface area (TPSA) is 61.9 Å². The van der Waals surface area contributed by atoms with Gasteiger partial charge in [0, 0.05) is 36.9 Å². The predicted molar refractivity (Wildman–Crippen MR) is 101 cm³/mol. The molecule has 6 nitrogen and oxygen atoms in total. The lowest BCUT2D eigenvalue weighted by atomic mass is 10.2. The Kier molecular flexibility index (Phi) is 6.38. The van der Waals surface area contributed by atoms with Crippen molar-refractivity contribution in [3.8, 4) is 0 Å². The molecule has 26 heavy (non-hydrogen) atoms. The quantitative estimate of drug-likeness (QED) is 0.786. The molecule has 142 valence electrons. The largest absolute Gasteiger partial charge is 0.368 e. The van der Waals surface area contributed by atoms with E-state index in [0.29, 0.717) is 30.6 Å². The molecule has 2 fully saturated rings. The summed E-state index contributed by atoms with van der Waals surface area (Å²) >= 11 is 6.04. The molecule has 1 aliphatic carbocycles. The van der Waals surface area contributed by atoms with Gasteiger partial charge in [0.25, 0.3) is 0 Å². The van der Waals surface area contributed by atoms with Crippen LogP contribution >= 0.6 is 11.6 Å². The van der Waals surface area contributed by atoms with E-state index in [1.165, 1.54) is 12.8 Å². The van der Waals surface area contributed by atoms with E-state index in [0.717, 1.165) is 18.8 Å². The van der Waals surface area contributed by atoms with E-state index in [1.54, 1.807) is 11.8 Å². The van der Waals surface area contributed by atoms with E-state index in [-0.39, 0.29) is 18.4 Å². The molecule has 1 aliphatic heterocycles. The molecule has 1 saturated heterocycles. The van der Waals surface area contributed by atoms with Crippen LogP contribution in [0.5, 0.6) is 0 Å². The lowest BCUT2D eigenvalue weighted by molar-refractivity contribution is -0.137. The third-order valence-corrected chi connectivity index (χ3v) is 5.10. The fourth-order valence-corrected chi connectivity index (χ4v) is 3.13. The highest BCUT2D eigenvalue weighted by molar-refractivity contribution is 6.30. The van der Waals surface area contributed by atoms with Gasteiger partial charge in [-0.1, -0.05) is 17.7 Å². The minimum Gasteiger partial charge on any atom is -0.368 e. The number of hydrogen-bond acceptors (Lipinski definition) is 4. The number of halogens is 1. The highest BCUT2D eigenvalue weighted by Gasteiger charge is 2.25. The summed E-state index contributed by atoms with van der Waals surface area (Å²) in [6, 6.07) is 7.73. The Labute approximate surface area is 159 Å². The third-order valence-electron chi connectivity index (χ3n) is 4.87. The van der Waals surface area contributed by atoms with Crippen LogP contribution in [0.2, 0.25) is 5.02 Å². The van der Waals surface area contributed by atoms with Crippen LogP contribution in [0.4, 0.5) is 5.69 Å². The van der Waals surface area contributed by atoms with Crippen LogP contribution in [0, 0.1) is 5.92 Å². The summed E-state index contributed by atoms with van der Waals surface area (Å²) < 4.78 is 5.52. The minimum atomic E-state index is -0.511. The number of ether oxygens (including phenoxy) is 1. The van der Waals surface area contributed by atoms with Gasteiger partial charge >= 0.3 is 0 Å². The zero-order chi connectivity index (χ0) is 18.5. The summed E-state index contributed by atoms with van der Waals surface area (Å²) in [5.74, 6) is 0.331. The second-order valence-corrected chi connectivity index (χ2v) is 7.42. The Morgan fingerprint density at radius 2 is 2.00 bits per heavy atom. The molecule has 2 aliphatic rings. The van der Waals surface area contributed by atoms with Gasteiger partial charge in [-0.3, -0.25) is 9.59 Å². The summed E-state index contributed by atoms with van der Waals surface area (Å²) in [6.07, 6.45) is 1.87. The zero-order valence-corrected chi connectivity index (χ0v) is 15.9. The van der Waals surface area contributed by atoms with Gasteiger partial charge in [0.05, 0.1) is 13.2 Å². The molecule has 0 spiro atoms. The van der Waals surface area contributed by atoms with Crippen molar-refractivity contribution in [2.75, 3.05) is 44.2 Å². The van der Waals surface area contributed by atoms with Crippen molar-refractivity contribution in [1.82, 2.24) is 10.2 Å². The second kappa shape index (κ2) is 8.73. The van der Waals surface area contributed by atoms with Crippen molar-refractivity contribution < 1.29 is 14.3 Å². The molecule has 1 aromatic carbocycles. The van der Waals surface area contributed by atoms with Crippen molar-refractivity contribution in [3.05, 3.63) is 29.3 Å². The van der Waals surface area contributed by atoms with Crippen LogP contribution in [0.15, 0.2) is 24.3 Å². The van der Waals surface area contributed by atoms with Crippen LogP contribution in [0.25, 0.3) is 0 Å². The van der Waals surface area contributed by atoms with Gasteiger partial charge in [0.1, 0.15) is 6.10 Å². The number of amides is 2. The average Bonchev–Trinajstić information content (AvgIpc) is 3.48.